The second-order valence-electron chi connectivity index (χ2n) is 1.74. The van der Waals surface area contributed by atoms with Crippen LogP contribution in [0.15, 0.2) is 12.2 Å². The molecule has 2 nitrogen and oxygen atoms in total. The van der Waals surface area contributed by atoms with Crippen molar-refractivity contribution in [2.24, 2.45) is 0 Å². The number of hydrogen-bond donors (Lipinski definition) is 0. The van der Waals surface area contributed by atoms with Gasteiger partial charge in [0.25, 0.3) is 0 Å². The third-order valence-corrected chi connectivity index (χ3v) is 1.24. The van der Waals surface area contributed by atoms with Crippen LogP contribution in [0, 0.1) is 0 Å². The Kier molecular flexibility index (Phi) is 1.15. The zero-order valence-corrected chi connectivity index (χ0v) is 5.94. The van der Waals surface area contributed by atoms with Gasteiger partial charge in [-0.1, -0.05) is 0 Å². The van der Waals surface area contributed by atoms with Crippen molar-refractivity contribution in [2.45, 2.75) is 11.4 Å². The van der Waals surface area contributed by atoms with Crippen molar-refractivity contribution in [1.29, 1.82) is 0 Å². The molecule has 0 saturated heterocycles. The van der Waals surface area contributed by atoms with Crippen molar-refractivity contribution >= 4 is 21.9 Å². The second kappa shape index (κ2) is 1.58. The number of rotatable bonds is 0. The highest BCUT2D eigenvalue weighted by molar-refractivity contribution is 9.10. The third-order valence-electron chi connectivity index (χ3n) is 0.817. The Morgan fingerprint density at radius 2 is 2.50 bits per heavy atom. The maximum absolute atomic E-state index is 10.3. The van der Waals surface area contributed by atoms with Crippen LogP contribution in [0.25, 0.3) is 0 Å². The van der Waals surface area contributed by atoms with Gasteiger partial charge in [-0.25, -0.2) is 4.79 Å². The average molecular weight is 177 g/mol. The molecule has 0 aromatic heterocycles. The Labute approximate surface area is 55.6 Å². The summed E-state index contributed by atoms with van der Waals surface area (Å²) in [5.41, 5.74) is 0. The molecule has 1 heterocycles. The molecule has 0 N–H and O–H groups in total. The summed E-state index contributed by atoms with van der Waals surface area (Å²) in [6, 6.07) is 0. The smallest absolute Gasteiger partial charge is 0.332 e. The van der Waals surface area contributed by atoms with Gasteiger partial charge in [0.1, 0.15) is 0 Å². The van der Waals surface area contributed by atoms with Crippen LogP contribution in [0.3, 0.4) is 0 Å². The van der Waals surface area contributed by atoms with Crippen LogP contribution in [0.4, 0.5) is 0 Å². The predicted octanol–water partition coefficient (Wildman–Crippen LogP) is 1.21. The van der Waals surface area contributed by atoms with Gasteiger partial charge < -0.3 is 4.74 Å². The highest BCUT2D eigenvalue weighted by Crippen LogP contribution is 2.25. The van der Waals surface area contributed by atoms with E-state index in [0.29, 0.717) is 0 Å². The van der Waals surface area contributed by atoms with Gasteiger partial charge in [-0.2, -0.15) is 0 Å². The van der Waals surface area contributed by atoms with E-state index < -0.39 is 4.51 Å². The highest BCUT2D eigenvalue weighted by atomic mass is 79.9. The maximum Gasteiger partial charge on any atom is 0.332 e. The first-order chi connectivity index (χ1) is 3.60. The lowest BCUT2D eigenvalue weighted by Crippen LogP contribution is -2.13. The van der Waals surface area contributed by atoms with Gasteiger partial charge in [0.05, 0.1) is 0 Å². The van der Waals surface area contributed by atoms with E-state index in [9.17, 15) is 4.79 Å². The molecular formula is C5H5BrO2. The monoisotopic (exact) mass is 176 g/mol. The van der Waals surface area contributed by atoms with Crippen LogP contribution in [0.5, 0.6) is 0 Å². The van der Waals surface area contributed by atoms with Crippen LogP contribution in [-0.4, -0.2) is 10.5 Å². The minimum Gasteiger partial charge on any atom is -0.441 e. The van der Waals surface area contributed by atoms with Crippen molar-refractivity contribution in [2.75, 3.05) is 0 Å². The van der Waals surface area contributed by atoms with Crippen LogP contribution in [0.1, 0.15) is 6.92 Å². The molecule has 1 rings (SSSR count). The molecule has 0 aliphatic carbocycles. The van der Waals surface area contributed by atoms with Crippen molar-refractivity contribution in [3.05, 3.63) is 12.2 Å². The summed E-state index contributed by atoms with van der Waals surface area (Å²) in [5.74, 6) is -0.288. The number of carbonyl (C=O) groups excluding carboxylic acids is 1. The molecule has 44 valence electrons. The van der Waals surface area contributed by atoms with Crippen molar-refractivity contribution in [1.82, 2.24) is 0 Å². The first-order valence-electron chi connectivity index (χ1n) is 2.21. The minimum absolute atomic E-state index is 0.288. The van der Waals surface area contributed by atoms with Crippen molar-refractivity contribution in [3.8, 4) is 0 Å². The zero-order chi connectivity index (χ0) is 6.20. The molecule has 1 atom stereocenters. The summed E-state index contributed by atoms with van der Waals surface area (Å²) in [5, 5.41) is 0. The molecule has 0 amide bonds. The van der Waals surface area contributed by atoms with E-state index in [-0.39, 0.29) is 5.97 Å². The standard InChI is InChI=1S/C5H5BrO2/c1-5(6)3-2-4(7)8-5/h2-3H,1H3. The number of alkyl halides is 1. The van der Waals surface area contributed by atoms with Crippen LogP contribution >= 0.6 is 15.9 Å². The number of hydrogen-bond acceptors (Lipinski definition) is 2. The maximum atomic E-state index is 10.3. The summed E-state index contributed by atoms with van der Waals surface area (Å²) in [4.78, 5) is 10.3. The molecule has 0 bridgehead atoms. The van der Waals surface area contributed by atoms with E-state index >= 15 is 0 Å². The second-order valence-corrected chi connectivity index (χ2v) is 3.31. The largest absolute Gasteiger partial charge is 0.441 e. The fourth-order valence-corrected chi connectivity index (χ4v) is 0.773. The quantitative estimate of drug-likeness (QED) is 0.410. The van der Waals surface area contributed by atoms with Gasteiger partial charge in [-0.05, 0) is 28.9 Å². The van der Waals surface area contributed by atoms with Crippen LogP contribution < -0.4 is 0 Å². The number of esters is 1. The molecule has 1 aliphatic rings. The Morgan fingerprint density at radius 3 is 2.62 bits per heavy atom. The zero-order valence-electron chi connectivity index (χ0n) is 4.35. The van der Waals surface area contributed by atoms with Gasteiger partial charge in [0.2, 0.25) is 0 Å². The van der Waals surface area contributed by atoms with E-state index in [0.717, 1.165) is 0 Å². The number of halogens is 1. The third kappa shape index (κ3) is 1.10. The SMILES string of the molecule is CC1(Br)C=CC(=O)O1. The van der Waals surface area contributed by atoms with Gasteiger partial charge in [-0.15, -0.1) is 0 Å². The lowest BCUT2D eigenvalue weighted by atomic mass is 10.4. The molecular weight excluding hydrogens is 172 g/mol. The normalized spacial score (nSPS) is 35.5. The number of cyclic esters (lactones) is 1. The summed E-state index contributed by atoms with van der Waals surface area (Å²) in [7, 11) is 0. The molecule has 3 heteroatoms. The van der Waals surface area contributed by atoms with Gasteiger partial charge >= 0.3 is 5.97 Å². The van der Waals surface area contributed by atoms with E-state index in [1.54, 1.807) is 13.0 Å². The molecule has 0 aromatic rings. The molecule has 0 radical (unpaired) electrons. The fraction of sp³-hybridized carbons (Fsp3) is 0.400. The van der Waals surface area contributed by atoms with Crippen molar-refractivity contribution < 1.29 is 9.53 Å². The van der Waals surface area contributed by atoms with E-state index in [1.807, 2.05) is 0 Å². The molecule has 1 unspecified atom stereocenters. The molecule has 0 fully saturated rings. The lowest BCUT2D eigenvalue weighted by Gasteiger charge is -2.10. The van der Waals surface area contributed by atoms with Crippen LogP contribution in [0.2, 0.25) is 0 Å². The Bertz CT molecular complexity index is 149. The van der Waals surface area contributed by atoms with Gasteiger partial charge in [-0.3, -0.25) is 0 Å². The summed E-state index contributed by atoms with van der Waals surface area (Å²) < 4.78 is 4.16. The minimum atomic E-state index is -0.552. The Hall–Kier alpha value is -0.310. The summed E-state index contributed by atoms with van der Waals surface area (Å²) in [6.45, 7) is 1.76. The molecule has 0 aromatic carbocycles. The first kappa shape index (κ1) is 5.82. The van der Waals surface area contributed by atoms with Crippen molar-refractivity contribution in [3.63, 3.8) is 0 Å². The van der Waals surface area contributed by atoms with E-state index in [4.69, 9.17) is 4.74 Å². The Balaban J connectivity index is 2.72. The van der Waals surface area contributed by atoms with Crippen LogP contribution in [-0.2, 0) is 9.53 Å². The number of carbonyl (C=O) groups is 1. The molecule has 0 saturated carbocycles. The highest BCUT2D eigenvalue weighted by Gasteiger charge is 2.25. The molecule has 8 heavy (non-hydrogen) atoms. The van der Waals surface area contributed by atoms with Gasteiger partial charge in [0, 0.05) is 6.08 Å². The molecule has 0 spiro atoms. The topological polar surface area (TPSA) is 26.3 Å². The van der Waals surface area contributed by atoms with Gasteiger partial charge in [0.15, 0.2) is 4.51 Å². The van der Waals surface area contributed by atoms with E-state index in [2.05, 4.69) is 15.9 Å². The summed E-state index contributed by atoms with van der Waals surface area (Å²) >= 11 is 3.15. The Morgan fingerprint density at radius 1 is 1.88 bits per heavy atom. The molecule has 1 aliphatic heterocycles. The predicted molar refractivity (Wildman–Crippen MR) is 32.6 cm³/mol. The number of ether oxygens (including phenoxy) is 1. The lowest BCUT2D eigenvalue weighted by molar-refractivity contribution is -0.139. The fourth-order valence-electron chi connectivity index (χ4n) is 0.482. The summed E-state index contributed by atoms with van der Waals surface area (Å²) in [6.07, 6.45) is 3.06. The average Bonchev–Trinajstić information content (AvgIpc) is 1.82. The first-order valence-corrected chi connectivity index (χ1v) is 3.01. The van der Waals surface area contributed by atoms with E-state index in [1.165, 1.54) is 6.08 Å².